The first-order valence-electron chi connectivity index (χ1n) is 33.0. The molecule has 14 heteroatoms. The first kappa shape index (κ1) is 71.2. The van der Waals surface area contributed by atoms with Gasteiger partial charge in [-0.3, -0.25) is 28.5 Å². The van der Waals surface area contributed by atoms with Gasteiger partial charge < -0.3 is 24.0 Å². The van der Waals surface area contributed by atoms with Gasteiger partial charge in [0.05, 0.1) is 17.5 Å². The number of nitriles is 1. The van der Waals surface area contributed by atoms with E-state index in [1.165, 1.54) is 96.2 Å². The minimum atomic E-state index is -0.857. The van der Waals surface area contributed by atoms with Crippen molar-refractivity contribution < 1.29 is 38.2 Å². The van der Waals surface area contributed by atoms with Gasteiger partial charge in [-0.15, -0.1) is 0 Å². The molecule has 0 aromatic carbocycles. The minimum Gasteiger partial charge on any atom is -0.462 e. The Balaban J connectivity index is 1.34. The Morgan fingerprint density at radius 2 is 1.12 bits per heavy atom. The SMILES string of the molecule is CCCCCCCC/C=C\CCCCCCCC(=O)OCC(COC(=O)CCCCCCC/C=C\CCCCCCCC)OC(=O)CC(C)CCCCCCCCC(=O)n1ccc2c(N(C)[C@H]3CN(C(=O)CC#N)CC[C@H]3C)ncnc21. The third-order valence-electron chi connectivity index (χ3n) is 16.4. The zero-order chi connectivity index (χ0) is 59.3. The number of fused-ring (bicyclic) bond motifs is 1. The molecule has 0 bridgehead atoms. The number of nitrogens with zero attached hydrogens (tertiary/aromatic N) is 6. The molecule has 82 heavy (non-hydrogen) atoms. The molecule has 0 spiro atoms. The molecule has 0 N–H and O–H groups in total. The van der Waals surface area contributed by atoms with Gasteiger partial charge in [0.25, 0.3) is 0 Å². The summed E-state index contributed by atoms with van der Waals surface area (Å²) in [7, 11) is 1.97. The third-order valence-corrected chi connectivity index (χ3v) is 16.4. The third kappa shape index (κ3) is 32.1. The molecule has 1 aliphatic heterocycles. The van der Waals surface area contributed by atoms with E-state index in [2.05, 4.69) is 59.9 Å². The summed E-state index contributed by atoms with van der Waals surface area (Å²) in [6.45, 7) is 9.60. The highest BCUT2D eigenvalue weighted by molar-refractivity contribution is 5.95. The molecule has 2 aromatic rings. The van der Waals surface area contributed by atoms with Crippen LogP contribution in [0.4, 0.5) is 5.82 Å². The van der Waals surface area contributed by atoms with Crippen molar-refractivity contribution in [2.75, 3.05) is 38.3 Å². The number of allylic oxidation sites excluding steroid dienone is 4. The normalized spacial score (nSPS) is 14.9. The van der Waals surface area contributed by atoms with Gasteiger partial charge in [-0.1, -0.05) is 193 Å². The number of unbranched alkanes of at least 4 members (excludes halogenated alkanes) is 27. The lowest BCUT2D eigenvalue weighted by molar-refractivity contribution is -0.167. The smallest absolute Gasteiger partial charge is 0.306 e. The maximum Gasteiger partial charge on any atom is 0.306 e. The number of rotatable bonds is 49. The largest absolute Gasteiger partial charge is 0.462 e. The number of esters is 3. The topological polar surface area (TPSA) is 174 Å². The summed E-state index contributed by atoms with van der Waals surface area (Å²) < 4.78 is 18.7. The zero-order valence-electron chi connectivity index (χ0n) is 52.2. The molecular formula is C68H112N6O8. The number of ether oxygens (including phenoxy) is 3. The van der Waals surface area contributed by atoms with E-state index in [1.54, 1.807) is 15.7 Å². The number of carbonyl (C=O) groups is 5. The van der Waals surface area contributed by atoms with Crippen molar-refractivity contribution in [3.05, 3.63) is 42.9 Å². The van der Waals surface area contributed by atoms with E-state index in [1.807, 2.05) is 26.1 Å². The van der Waals surface area contributed by atoms with Gasteiger partial charge in [-0.2, -0.15) is 5.26 Å². The predicted molar refractivity (Wildman–Crippen MR) is 332 cm³/mol. The first-order valence-corrected chi connectivity index (χ1v) is 33.0. The number of amides is 1. The van der Waals surface area contributed by atoms with E-state index in [4.69, 9.17) is 19.5 Å². The molecule has 0 radical (unpaired) electrons. The van der Waals surface area contributed by atoms with Crippen molar-refractivity contribution in [2.24, 2.45) is 11.8 Å². The maximum atomic E-state index is 13.4. The fourth-order valence-corrected chi connectivity index (χ4v) is 11.1. The standard InChI is InChI=1S/C68H112N6O8/c1-6-8-10-12-14-16-18-20-22-24-26-28-30-36-40-44-64(77)80-54-59(55-81-65(78)45-41-37-31-29-27-25-23-21-19-17-15-13-11-9-7-2)82-66(79)52-57(3)42-38-34-32-33-35-39-43-63(76)74-51-48-60-67(70-56-71-68(60)74)72(5)61-53-73(50-47-58(61)4)62(75)46-49-69/h20-23,48,51,56-59,61H,6-19,24-47,50,52-55H2,1-5H3/b22-20-,23-21-/t57?,58-,61+/m1/s1. The quantitative estimate of drug-likeness (QED) is 0.0266. The molecule has 3 heterocycles. The van der Waals surface area contributed by atoms with Crippen LogP contribution in [-0.2, 0) is 33.4 Å². The lowest BCUT2D eigenvalue weighted by Crippen LogP contribution is -2.52. The molecule has 1 unspecified atom stereocenters. The number of carbonyl (C=O) groups excluding carboxylic acids is 5. The second-order valence-electron chi connectivity index (χ2n) is 23.7. The van der Waals surface area contributed by atoms with Crippen LogP contribution in [0.2, 0.25) is 0 Å². The first-order chi connectivity index (χ1) is 40.0. The van der Waals surface area contributed by atoms with Crippen molar-refractivity contribution in [3.8, 4) is 6.07 Å². The Morgan fingerprint density at radius 1 is 0.646 bits per heavy atom. The molecule has 3 atom stereocenters. The summed E-state index contributed by atoms with van der Waals surface area (Å²) in [6, 6.07) is 3.87. The Labute approximate surface area is 496 Å². The highest BCUT2D eigenvalue weighted by Crippen LogP contribution is 2.30. The van der Waals surface area contributed by atoms with Crippen LogP contribution in [0.1, 0.15) is 283 Å². The molecule has 1 aliphatic rings. The van der Waals surface area contributed by atoms with Crippen LogP contribution >= 0.6 is 0 Å². The van der Waals surface area contributed by atoms with Crippen molar-refractivity contribution in [1.82, 2.24) is 19.4 Å². The summed E-state index contributed by atoms with van der Waals surface area (Å²) in [5.74, 6) is -0.0807. The number of hydrogen-bond donors (Lipinski definition) is 0. The maximum absolute atomic E-state index is 13.4. The number of piperidine rings is 1. The predicted octanol–water partition coefficient (Wildman–Crippen LogP) is 16.9. The van der Waals surface area contributed by atoms with E-state index >= 15 is 0 Å². The molecule has 1 fully saturated rings. The summed E-state index contributed by atoms with van der Waals surface area (Å²) >= 11 is 0. The molecule has 1 amide bonds. The van der Waals surface area contributed by atoms with Crippen LogP contribution in [0.25, 0.3) is 11.0 Å². The van der Waals surface area contributed by atoms with Gasteiger partial charge in [0.2, 0.25) is 11.8 Å². The number of anilines is 1. The van der Waals surface area contributed by atoms with Crippen LogP contribution in [0, 0.1) is 23.2 Å². The van der Waals surface area contributed by atoms with Crippen LogP contribution in [-0.4, -0.2) is 94.7 Å². The van der Waals surface area contributed by atoms with Crippen LogP contribution in [0.3, 0.4) is 0 Å². The van der Waals surface area contributed by atoms with E-state index in [9.17, 15) is 24.0 Å². The molecule has 0 saturated carbocycles. The van der Waals surface area contributed by atoms with Crippen LogP contribution in [0.15, 0.2) is 42.9 Å². The van der Waals surface area contributed by atoms with Gasteiger partial charge in [-0.05, 0) is 95.0 Å². The fraction of sp³-hybridized carbons (Fsp3) is 0.765. The second-order valence-corrected chi connectivity index (χ2v) is 23.7. The van der Waals surface area contributed by atoms with E-state index in [0.29, 0.717) is 49.7 Å². The lowest BCUT2D eigenvalue weighted by Gasteiger charge is -2.42. The van der Waals surface area contributed by atoms with Crippen molar-refractivity contribution in [1.29, 1.82) is 5.26 Å². The van der Waals surface area contributed by atoms with Crippen molar-refractivity contribution >= 4 is 46.6 Å². The number of likely N-dealkylation sites (tertiary alicyclic amines) is 1. The number of hydrogen-bond acceptors (Lipinski definition) is 12. The molecular weight excluding hydrogens is 1030 g/mol. The summed E-state index contributed by atoms with van der Waals surface area (Å²) in [5, 5.41) is 9.85. The van der Waals surface area contributed by atoms with Gasteiger partial charge in [0.15, 0.2) is 11.8 Å². The molecule has 462 valence electrons. The average Bonchev–Trinajstić information content (AvgIpc) is 4.15. The monoisotopic (exact) mass is 1140 g/mol. The summed E-state index contributed by atoms with van der Waals surface area (Å²) in [4.78, 5) is 77.7. The number of likely N-dealkylation sites (N-methyl/N-ethyl adjacent to an activating group) is 1. The van der Waals surface area contributed by atoms with Crippen LogP contribution < -0.4 is 4.90 Å². The fourth-order valence-electron chi connectivity index (χ4n) is 11.1. The van der Waals surface area contributed by atoms with Gasteiger partial charge in [0.1, 0.15) is 31.8 Å². The van der Waals surface area contributed by atoms with E-state index in [0.717, 1.165) is 134 Å². The molecule has 14 nitrogen and oxygen atoms in total. The molecule has 2 aromatic heterocycles. The average molecular weight is 1140 g/mol. The highest BCUT2D eigenvalue weighted by atomic mass is 16.6. The Bertz CT molecular complexity index is 2090. The van der Waals surface area contributed by atoms with Gasteiger partial charge in [-0.25, -0.2) is 9.97 Å². The molecule has 1 saturated heterocycles. The zero-order valence-corrected chi connectivity index (χ0v) is 52.2. The minimum absolute atomic E-state index is 0.00836. The highest BCUT2D eigenvalue weighted by Gasteiger charge is 2.33. The Hall–Kier alpha value is -5.06. The van der Waals surface area contributed by atoms with E-state index in [-0.39, 0.29) is 67.7 Å². The van der Waals surface area contributed by atoms with Gasteiger partial charge >= 0.3 is 17.9 Å². The Morgan fingerprint density at radius 3 is 1.63 bits per heavy atom. The van der Waals surface area contributed by atoms with Crippen molar-refractivity contribution in [3.63, 3.8) is 0 Å². The van der Waals surface area contributed by atoms with E-state index < -0.39 is 6.10 Å². The number of aromatic nitrogens is 3. The molecule has 3 rings (SSSR count). The lowest BCUT2D eigenvalue weighted by atomic mass is 9.92. The van der Waals surface area contributed by atoms with Crippen molar-refractivity contribution in [2.45, 2.75) is 290 Å². The summed E-state index contributed by atoms with van der Waals surface area (Å²) in [5.41, 5.74) is 0.571. The molecule has 0 aliphatic carbocycles. The summed E-state index contributed by atoms with van der Waals surface area (Å²) in [6.07, 6.45) is 51.0. The second kappa shape index (κ2) is 46.3. The van der Waals surface area contributed by atoms with Gasteiger partial charge in [0, 0.05) is 52.0 Å². The Kier molecular flexibility index (Phi) is 40.2. The van der Waals surface area contributed by atoms with Crippen LogP contribution in [0.5, 0.6) is 0 Å².